The first kappa shape index (κ1) is 13.5. The summed E-state index contributed by atoms with van der Waals surface area (Å²) < 4.78 is 22.4. The lowest BCUT2D eigenvalue weighted by Gasteiger charge is -2.14. The third kappa shape index (κ3) is 4.96. The highest BCUT2D eigenvalue weighted by Crippen LogP contribution is 2.11. The Labute approximate surface area is 102 Å². The van der Waals surface area contributed by atoms with Crippen molar-refractivity contribution in [3.05, 3.63) is 34.9 Å². The Balaban J connectivity index is 2.67. The van der Waals surface area contributed by atoms with Crippen molar-refractivity contribution in [2.24, 2.45) is 0 Å². The van der Waals surface area contributed by atoms with E-state index in [2.05, 4.69) is 5.32 Å². The summed E-state index contributed by atoms with van der Waals surface area (Å²) in [5.41, 5.74) is 1.08. The molecule has 1 N–H and O–H groups in total. The predicted molar refractivity (Wildman–Crippen MR) is 67.7 cm³/mol. The standard InChI is InChI=1S/C11H16ClNO2S/c1-13-11(8-16(2,14)15)7-9-3-5-10(12)6-4-9/h3-6,11,13H,7-8H2,1-2H3. The molecule has 1 rings (SSSR count). The normalized spacial score (nSPS) is 13.7. The van der Waals surface area contributed by atoms with Crippen LogP contribution in [0.15, 0.2) is 24.3 Å². The summed E-state index contributed by atoms with van der Waals surface area (Å²) in [6.07, 6.45) is 1.93. The van der Waals surface area contributed by atoms with Crippen molar-refractivity contribution in [2.75, 3.05) is 19.1 Å². The summed E-state index contributed by atoms with van der Waals surface area (Å²) in [6, 6.07) is 7.38. The summed E-state index contributed by atoms with van der Waals surface area (Å²) in [6.45, 7) is 0. The van der Waals surface area contributed by atoms with E-state index in [4.69, 9.17) is 11.6 Å². The molecule has 0 aliphatic rings. The molecule has 0 saturated carbocycles. The van der Waals surface area contributed by atoms with Gasteiger partial charge in [0.05, 0.1) is 5.75 Å². The first-order valence-corrected chi connectivity index (χ1v) is 7.44. The molecule has 3 nitrogen and oxygen atoms in total. The Bertz CT molecular complexity index is 428. The summed E-state index contributed by atoms with van der Waals surface area (Å²) in [5.74, 6) is 0.145. The van der Waals surface area contributed by atoms with Crippen LogP contribution in [0.2, 0.25) is 5.02 Å². The van der Waals surface area contributed by atoms with Crippen molar-refractivity contribution >= 4 is 21.4 Å². The van der Waals surface area contributed by atoms with Gasteiger partial charge in [0.1, 0.15) is 9.84 Å². The first-order valence-electron chi connectivity index (χ1n) is 5.00. The zero-order valence-electron chi connectivity index (χ0n) is 9.40. The summed E-state index contributed by atoms with van der Waals surface area (Å²) >= 11 is 5.78. The zero-order chi connectivity index (χ0) is 12.2. The van der Waals surface area contributed by atoms with Crippen LogP contribution in [-0.4, -0.2) is 33.5 Å². The van der Waals surface area contributed by atoms with E-state index in [0.717, 1.165) is 5.56 Å². The average molecular weight is 262 g/mol. The highest BCUT2D eigenvalue weighted by Gasteiger charge is 2.13. The molecule has 1 atom stereocenters. The molecule has 90 valence electrons. The molecule has 0 radical (unpaired) electrons. The van der Waals surface area contributed by atoms with Crippen molar-refractivity contribution < 1.29 is 8.42 Å². The third-order valence-corrected chi connectivity index (χ3v) is 3.57. The van der Waals surface area contributed by atoms with Gasteiger partial charge in [-0.2, -0.15) is 0 Å². The van der Waals surface area contributed by atoms with Gasteiger partial charge in [-0.3, -0.25) is 0 Å². The van der Waals surface area contributed by atoms with Gasteiger partial charge in [0.2, 0.25) is 0 Å². The fourth-order valence-corrected chi connectivity index (χ4v) is 2.66. The highest BCUT2D eigenvalue weighted by atomic mass is 35.5. The zero-order valence-corrected chi connectivity index (χ0v) is 11.0. The van der Waals surface area contributed by atoms with Crippen LogP contribution >= 0.6 is 11.6 Å². The van der Waals surface area contributed by atoms with Gasteiger partial charge < -0.3 is 5.32 Å². The molecule has 1 unspecified atom stereocenters. The molecule has 1 aromatic rings. The number of halogens is 1. The van der Waals surface area contributed by atoms with Gasteiger partial charge in [-0.25, -0.2) is 8.42 Å². The molecule has 0 saturated heterocycles. The number of sulfone groups is 1. The van der Waals surface area contributed by atoms with E-state index in [1.54, 1.807) is 7.05 Å². The lowest BCUT2D eigenvalue weighted by atomic mass is 10.1. The molecule has 0 fully saturated rings. The predicted octanol–water partition coefficient (Wildman–Crippen LogP) is 1.52. The van der Waals surface area contributed by atoms with Crippen molar-refractivity contribution in [1.82, 2.24) is 5.32 Å². The lowest BCUT2D eigenvalue weighted by molar-refractivity contribution is 0.567. The molecule has 5 heteroatoms. The van der Waals surface area contributed by atoms with Gasteiger partial charge in [0.15, 0.2) is 0 Å². The van der Waals surface area contributed by atoms with Gasteiger partial charge in [0.25, 0.3) is 0 Å². The summed E-state index contributed by atoms with van der Waals surface area (Å²) in [5, 5.41) is 3.70. The number of nitrogens with one attached hydrogen (secondary N) is 1. The van der Waals surface area contributed by atoms with Crippen LogP contribution in [0, 0.1) is 0 Å². The lowest BCUT2D eigenvalue weighted by Crippen LogP contribution is -2.34. The Morgan fingerprint density at radius 3 is 2.31 bits per heavy atom. The minimum atomic E-state index is -2.95. The first-order chi connectivity index (χ1) is 7.40. The largest absolute Gasteiger partial charge is 0.316 e. The monoisotopic (exact) mass is 261 g/mol. The summed E-state index contributed by atoms with van der Waals surface area (Å²) in [4.78, 5) is 0. The molecule has 0 aliphatic carbocycles. The van der Waals surface area contributed by atoms with E-state index in [0.29, 0.717) is 11.4 Å². The third-order valence-electron chi connectivity index (χ3n) is 2.31. The topological polar surface area (TPSA) is 46.2 Å². The number of benzene rings is 1. The minimum Gasteiger partial charge on any atom is -0.316 e. The van der Waals surface area contributed by atoms with Crippen LogP contribution in [0.4, 0.5) is 0 Å². The van der Waals surface area contributed by atoms with Crippen LogP contribution in [0.3, 0.4) is 0 Å². The number of rotatable bonds is 5. The Kier molecular flexibility index (Phi) is 4.77. The van der Waals surface area contributed by atoms with Crippen LogP contribution < -0.4 is 5.32 Å². The minimum absolute atomic E-state index is 0.0591. The molecule has 16 heavy (non-hydrogen) atoms. The van der Waals surface area contributed by atoms with Crippen molar-refractivity contribution in [3.8, 4) is 0 Å². The average Bonchev–Trinajstić information content (AvgIpc) is 2.18. The number of likely N-dealkylation sites (N-methyl/N-ethyl adjacent to an activating group) is 1. The van der Waals surface area contributed by atoms with Crippen molar-refractivity contribution in [3.63, 3.8) is 0 Å². The smallest absolute Gasteiger partial charge is 0.148 e. The van der Waals surface area contributed by atoms with Gasteiger partial charge in [-0.05, 0) is 31.2 Å². The SMILES string of the molecule is CNC(Cc1ccc(Cl)cc1)CS(C)(=O)=O. The highest BCUT2D eigenvalue weighted by molar-refractivity contribution is 7.90. The Morgan fingerprint density at radius 2 is 1.88 bits per heavy atom. The van der Waals surface area contributed by atoms with Crippen molar-refractivity contribution in [1.29, 1.82) is 0 Å². The second-order valence-corrected chi connectivity index (χ2v) is 6.53. The molecule has 0 spiro atoms. The van der Waals surface area contributed by atoms with E-state index in [-0.39, 0.29) is 11.8 Å². The maximum absolute atomic E-state index is 11.2. The van der Waals surface area contributed by atoms with Gasteiger partial charge in [-0.1, -0.05) is 23.7 Å². The maximum Gasteiger partial charge on any atom is 0.148 e. The molecule has 0 amide bonds. The molecule has 0 heterocycles. The fourth-order valence-electron chi connectivity index (χ4n) is 1.51. The van der Waals surface area contributed by atoms with E-state index in [1.807, 2.05) is 24.3 Å². The van der Waals surface area contributed by atoms with E-state index < -0.39 is 9.84 Å². The summed E-state index contributed by atoms with van der Waals surface area (Å²) in [7, 11) is -1.18. The molecule has 1 aromatic carbocycles. The molecule has 0 aromatic heterocycles. The molecule has 0 bridgehead atoms. The molecular formula is C11H16ClNO2S. The van der Waals surface area contributed by atoms with Crippen LogP contribution in [0.5, 0.6) is 0 Å². The van der Waals surface area contributed by atoms with Crippen LogP contribution in [0.1, 0.15) is 5.56 Å². The van der Waals surface area contributed by atoms with Gasteiger partial charge >= 0.3 is 0 Å². The maximum atomic E-state index is 11.2. The van der Waals surface area contributed by atoms with Gasteiger partial charge in [0, 0.05) is 17.3 Å². The fraction of sp³-hybridized carbons (Fsp3) is 0.455. The van der Waals surface area contributed by atoms with E-state index in [1.165, 1.54) is 6.26 Å². The van der Waals surface area contributed by atoms with Crippen LogP contribution in [-0.2, 0) is 16.3 Å². The number of hydrogen-bond acceptors (Lipinski definition) is 3. The second-order valence-electron chi connectivity index (χ2n) is 3.91. The molecular weight excluding hydrogens is 246 g/mol. The Morgan fingerprint density at radius 1 is 1.31 bits per heavy atom. The second kappa shape index (κ2) is 5.66. The molecule has 0 aliphatic heterocycles. The van der Waals surface area contributed by atoms with Crippen molar-refractivity contribution in [2.45, 2.75) is 12.5 Å². The van der Waals surface area contributed by atoms with E-state index >= 15 is 0 Å². The van der Waals surface area contributed by atoms with Gasteiger partial charge in [-0.15, -0.1) is 0 Å². The van der Waals surface area contributed by atoms with Crippen LogP contribution in [0.25, 0.3) is 0 Å². The quantitative estimate of drug-likeness (QED) is 0.874. The van der Waals surface area contributed by atoms with E-state index in [9.17, 15) is 8.42 Å². The Hall–Kier alpha value is -0.580. The number of hydrogen-bond donors (Lipinski definition) is 1.